The van der Waals surface area contributed by atoms with Crippen molar-refractivity contribution in [1.82, 2.24) is 0 Å². The lowest BCUT2D eigenvalue weighted by atomic mass is 10.1. The fourth-order valence-electron chi connectivity index (χ4n) is 6.27. The van der Waals surface area contributed by atoms with Gasteiger partial charge in [0, 0.05) is 46.3 Å². The van der Waals surface area contributed by atoms with Gasteiger partial charge in [0.1, 0.15) is 37.9 Å². The van der Waals surface area contributed by atoms with Gasteiger partial charge in [0.15, 0.2) is 0 Å². The number of ether oxygens (including phenoxy) is 4. The van der Waals surface area contributed by atoms with E-state index >= 15 is 0 Å². The molecule has 0 saturated carbocycles. The van der Waals surface area contributed by atoms with Crippen LogP contribution in [0.25, 0.3) is 0 Å². The molecule has 8 heteroatoms. The summed E-state index contributed by atoms with van der Waals surface area (Å²) in [4.78, 5) is 27.4. The van der Waals surface area contributed by atoms with Gasteiger partial charge in [-0.15, -0.1) is 0 Å². The third kappa shape index (κ3) is 10.8. The Labute approximate surface area is 341 Å². The lowest BCUT2D eigenvalue weighted by molar-refractivity contribution is -0.139. The molecule has 0 unspecified atom stereocenters. The molecule has 0 heterocycles. The van der Waals surface area contributed by atoms with Crippen LogP contribution in [0, 0.1) is 0 Å². The Morgan fingerprint density at radius 2 is 0.690 bits per heavy atom. The molecule has 0 radical (unpaired) electrons. The molecule has 0 bridgehead atoms. The quantitative estimate of drug-likeness (QED) is 0.0457. The summed E-state index contributed by atoms with van der Waals surface area (Å²) in [7, 11) is 0. The minimum Gasteiger partial charge on any atom is -0.490 e. The van der Waals surface area contributed by atoms with Crippen molar-refractivity contribution in [2.75, 3.05) is 23.0 Å². The maximum Gasteiger partial charge on any atom is 0.330 e. The summed E-state index contributed by atoms with van der Waals surface area (Å²) in [6.45, 7) is 12.3. The number of carbonyl (C=O) groups is 2. The number of hydrogen-bond acceptors (Lipinski definition) is 8. The summed E-state index contributed by atoms with van der Waals surface area (Å²) in [5.74, 6) is 0.568. The van der Waals surface area contributed by atoms with Gasteiger partial charge in [-0.05, 0) is 132 Å². The number of carbonyl (C=O) groups excluding carboxylic acids is 2. The zero-order valence-electron chi connectivity index (χ0n) is 33.0. The van der Waals surface area contributed by atoms with Gasteiger partial charge in [-0.25, -0.2) is 9.59 Å². The number of nitrogens with zero attached hydrogens (tertiary/aromatic N) is 2. The van der Waals surface area contributed by atoms with Crippen molar-refractivity contribution in [2.24, 2.45) is 0 Å². The van der Waals surface area contributed by atoms with Crippen LogP contribution in [-0.2, 0) is 45.1 Å². The van der Waals surface area contributed by atoms with Crippen molar-refractivity contribution in [3.63, 3.8) is 0 Å². The minimum absolute atomic E-state index is 0.180. The van der Waals surface area contributed by atoms with Gasteiger partial charge >= 0.3 is 11.9 Å². The van der Waals surface area contributed by atoms with E-state index in [-0.39, 0.29) is 13.2 Å². The summed E-state index contributed by atoms with van der Waals surface area (Å²) in [6, 6.07) is 49.0. The first-order valence-electron chi connectivity index (χ1n) is 19.4. The molecule has 6 aromatic rings. The summed E-state index contributed by atoms with van der Waals surface area (Å²) >= 11 is 0. The Morgan fingerprint density at radius 3 is 0.948 bits per heavy atom. The second kappa shape index (κ2) is 20.2. The van der Waals surface area contributed by atoms with Crippen LogP contribution in [0.5, 0.6) is 11.5 Å². The van der Waals surface area contributed by atoms with Gasteiger partial charge in [0.25, 0.3) is 0 Å². The molecule has 0 aromatic heterocycles. The molecule has 294 valence electrons. The highest BCUT2D eigenvalue weighted by atomic mass is 16.5. The lowest BCUT2D eigenvalue weighted by Gasteiger charge is -2.26. The molecule has 6 rings (SSSR count). The first kappa shape index (κ1) is 40.6. The molecule has 0 spiro atoms. The van der Waals surface area contributed by atoms with E-state index < -0.39 is 11.9 Å². The van der Waals surface area contributed by atoms with Gasteiger partial charge in [-0.2, -0.15) is 0 Å². The predicted octanol–water partition coefficient (Wildman–Crippen LogP) is 11.7. The van der Waals surface area contributed by atoms with E-state index in [0.717, 1.165) is 81.7 Å². The number of benzene rings is 6. The van der Waals surface area contributed by atoms with Crippen molar-refractivity contribution in [1.29, 1.82) is 0 Å². The zero-order valence-corrected chi connectivity index (χ0v) is 33.0. The van der Waals surface area contributed by atoms with E-state index in [0.29, 0.717) is 13.2 Å². The highest BCUT2D eigenvalue weighted by Gasteiger charge is 2.15. The standard InChI is InChI=1S/C50H48N2O6/c1-5-37-9-17-41(18-10-37)51(43-21-13-39(14-22-43)35-57-49(53)7-3)45-25-29-47(30-26-45)55-33-34-56-48-31-27-46(28-32-48)52(42-19-11-38(6-2)12-20-42)44-23-15-40(16-24-44)36-58-50(54)8-4/h7-32H,3-6,33-36H2,1-2H3. The van der Waals surface area contributed by atoms with E-state index in [1.807, 2.05) is 97.1 Å². The van der Waals surface area contributed by atoms with Crippen LogP contribution >= 0.6 is 0 Å². The molecule has 0 N–H and O–H groups in total. The summed E-state index contributed by atoms with van der Waals surface area (Å²) in [5, 5.41) is 0. The van der Waals surface area contributed by atoms with Gasteiger partial charge < -0.3 is 28.7 Å². The van der Waals surface area contributed by atoms with Crippen LogP contribution in [0.3, 0.4) is 0 Å². The van der Waals surface area contributed by atoms with Crippen molar-refractivity contribution < 1.29 is 28.5 Å². The van der Waals surface area contributed by atoms with Gasteiger partial charge in [0.2, 0.25) is 0 Å². The Balaban J connectivity index is 1.09. The van der Waals surface area contributed by atoms with Crippen LogP contribution in [0.2, 0.25) is 0 Å². The van der Waals surface area contributed by atoms with Gasteiger partial charge in [-0.3, -0.25) is 0 Å². The van der Waals surface area contributed by atoms with Crippen molar-refractivity contribution in [2.45, 2.75) is 39.9 Å². The molecule has 0 aliphatic carbocycles. The normalized spacial score (nSPS) is 10.6. The Bertz CT molecular complexity index is 2090. The largest absolute Gasteiger partial charge is 0.490 e. The highest BCUT2D eigenvalue weighted by molar-refractivity contribution is 5.82. The van der Waals surface area contributed by atoms with Gasteiger partial charge in [-0.1, -0.05) is 75.5 Å². The maximum absolute atomic E-state index is 11.5. The van der Waals surface area contributed by atoms with Crippen molar-refractivity contribution in [3.8, 4) is 11.5 Å². The second-order valence-electron chi connectivity index (χ2n) is 13.4. The lowest BCUT2D eigenvalue weighted by Crippen LogP contribution is -2.11. The average Bonchev–Trinajstić information content (AvgIpc) is 3.28. The molecule has 0 aliphatic rings. The van der Waals surface area contributed by atoms with Crippen LogP contribution in [0.1, 0.15) is 36.1 Å². The third-order valence-electron chi connectivity index (χ3n) is 9.50. The van der Waals surface area contributed by atoms with Crippen LogP contribution in [-0.4, -0.2) is 25.2 Å². The van der Waals surface area contributed by atoms with E-state index in [9.17, 15) is 9.59 Å². The minimum atomic E-state index is -0.450. The zero-order chi connectivity index (χ0) is 40.7. The Kier molecular flexibility index (Phi) is 14.1. The molecular weight excluding hydrogens is 725 g/mol. The Morgan fingerprint density at radius 1 is 0.431 bits per heavy atom. The Hall–Kier alpha value is -7.06. The maximum atomic E-state index is 11.5. The number of aryl methyl sites for hydroxylation is 2. The molecular formula is C50H48N2O6. The molecule has 0 fully saturated rings. The first-order valence-corrected chi connectivity index (χ1v) is 19.4. The fraction of sp³-hybridized carbons (Fsp3) is 0.160. The van der Waals surface area contributed by atoms with Crippen LogP contribution in [0.4, 0.5) is 34.1 Å². The molecule has 6 aromatic carbocycles. The van der Waals surface area contributed by atoms with Crippen LogP contribution in [0.15, 0.2) is 171 Å². The third-order valence-corrected chi connectivity index (χ3v) is 9.50. The number of rotatable bonds is 19. The topological polar surface area (TPSA) is 77.5 Å². The number of anilines is 6. The molecule has 0 aliphatic heterocycles. The smallest absolute Gasteiger partial charge is 0.330 e. The second-order valence-corrected chi connectivity index (χ2v) is 13.4. The summed E-state index contributed by atoms with van der Waals surface area (Å²) in [5.41, 5.74) is 10.2. The van der Waals surface area contributed by atoms with E-state index in [1.165, 1.54) is 11.1 Å². The first-order chi connectivity index (χ1) is 28.4. The molecule has 8 nitrogen and oxygen atoms in total. The number of hydrogen-bond donors (Lipinski definition) is 0. The molecule has 0 atom stereocenters. The average molecular weight is 773 g/mol. The van der Waals surface area contributed by atoms with E-state index in [1.54, 1.807) is 0 Å². The molecule has 0 amide bonds. The van der Waals surface area contributed by atoms with Crippen LogP contribution < -0.4 is 19.3 Å². The monoisotopic (exact) mass is 772 g/mol. The van der Waals surface area contributed by atoms with Crippen molar-refractivity contribution >= 4 is 46.1 Å². The fourth-order valence-corrected chi connectivity index (χ4v) is 6.27. The molecule has 0 saturated heterocycles. The van der Waals surface area contributed by atoms with E-state index in [4.69, 9.17) is 18.9 Å². The highest BCUT2D eigenvalue weighted by Crippen LogP contribution is 2.37. The SMILES string of the molecule is C=CC(=O)OCc1ccc(N(c2ccc(CC)cc2)c2ccc(OCCOc3ccc(N(c4ccc(CC)cc4)c4ccc(COC(=O)C=C)cc4)cc3)cc2)cc1. The van der Waals surface area contributed by atoms with Gasteiger partial charge in [0.05, 0.1) is 0 Å². The number of esters is 2. The van der Waals surface area contributed by atoms with Crippen molar-refractivity contribution in [3.05, 3.63) is 193 Å². The molecule has 58 heavy (non-hydrogen) atoms. The summed E-state index contributed by atoms with van der Waals surface area (Å²) in [6.07, 6.45) is 4.24. The van der Waals surface area contributed by atoms with E-state index in [2.05, 4.69) is 85.3 Å². The summed E-state index contributed by atoms with van der Waals surface area (Å²) < 4.78 is 22.6. The predicted molar refractivity (Wildman–Crippen MR) is 232 cm³/mol.